The zero-order valence-corrected chi connectivity index (χ0v) is 14.6. The van der Waals surface area contributed by atoms with Crippen LogP contribution in [0.1, 0.15) is 31.2 Å². The third kappa shape index (κ3) is 5.39. The molecule has 126 valence electrons. The van der Waals surface area contributed by atoms with Gasteiger partial charge in [0.05, 0.1) is 0 Å². The lowest BCUT2D eigenvalue weighted by molar-refractivity contribution is 0.130. The fourth-order valence-corrected chi connectivity index (χ4v) is 3.03. The van der Waals surface area contributed by atoms with Gasteiger partial charge in [0, 0.05) is 26.2 Å². The van der Waals surface area contributed by atoms with Gasteiger partial charge in [-0.05, 0) is 43.5 Å². The second kappa shape index (κ2) is 8.72. The summed E-state index contributed by atoms with van der Waals surface area (Å²) in [5, 5.41) is 6.74. The lowest BCUT2D eigenvalue weighted by atomic mass is 9.90. The first-order valence-corrected chi connectivity index (χ1v) is 8.42. The van der Waals surface area contributed by atoms with Crippen molar-refractivity contribution < 1.29 is 9.53 Å². The number of rotatable bonds is 4. The number of hydrogen-bond acceptors (Lipinski definition) is 3. The number of alkyl carbamates (subject to hydrolysis) is 1. The molecule has 0 aromatic heterocycles. The van der Waals surface area contributed by atoms with Crippen molar-refractivity contribution in [1.82, 2.24) is 15.5 Å². The Bertz CT molecular complexity index is 516. The smallest absolute Gasteiger partial charge is 0.407 e. The molecule has 0 bridgehead atoms. The molecular weight excluding hydrogens is 310 g/mol. The summed E-state index contributed by atoms with van der Waals surface area (Å²) in [6.07, 6.45) is 3.59. The van der Waals surface area contributed by atoms with Gasteiger partial charge in [0.2, 0.25) is 0 Å². The van der Waals surface area contributed by atoms with E-state index in [1.165, 1.54) is 0 Å². The Morgan fingerprint density at radius 2 is 1.91 bits per heavy atom. The molecule has 1 aliphatic rings. The normalized spacial score (nSPS) is 20.4. The highest BCUT2D eigenvalue weighted by Crippen LogP contribution is 2.22. The molecule has 23 heavy (non-hydrogen) atoms. The third-order valence-electron chi connectivity index (χ3n) is 4.31. The van der Waals surface area contributed by atoms with Crippen LogP contribution in [0.25, 0.3) is 0 Å². The van der Waals surface area contributed by atoms with Crippen molar-refractivity contribution in [3.8, 4) is 0 Å². The van der Waals surface area contributed by atoms with Crippen LogP contribution in [0.3, 0.4) is 0 Å². The zero-order valence-electron chi connectivity index (χ0n) is 13.7. The first-order chi connectivity index (χ1) is 11.1. The van der Waals surface area contributed by atoms with E-state index in [2.05, 4.69) is 15.5 Å². The van der Waals surface area contributed by atoms with Gasteiger partial charge in [-0.15, -0.1) is 0 Å². The number of carbonyl (C=O) groups is 1. The Balaban J connectivity index is 1.69. The Morgan fingerprint density at radius 3 is 2.52 bits per heavy atom. The summed E-state index contributed by atoms with van der Waals surface area (Å²) in [5.74, 6) is 0. The van der Waals surface area contributed by atoms with Crippen molar-refractivity contribution in [3.05, 3.63) is 35.9 Å². The van der Waals surface area contributed by atoms with E-state index in [0.717, 1.165) is 36.4 Å². The summed E-state index contributed by atoms with van der Waals surface area (Å²) in [4.78, 5) is 14.0. The molecular formula is C17H25N3O2S. The van der Waals surface area contributed by atoms with E-state index in [0.29, 0.717) is 12.6 Å². The average Bonchev–Trinajstić information content (AvgIpc) is 2.60. The van der Waals surface area contributed by atoms with Crippen molar-refractivity contribution in [1.29, 1.82) is 0 Å². The third-order valence-corrected chi connectivity index (χ3v) is 4.81. The Hall–Kier alpha value is -1.82. The van der Waals surface area contributed by atoms with Crippen LogP contribution in [0.5, 0.6) is 0 Å². The molecule has 2 rings (SSSR count). The van der Waals surface area contributed by atoms with Crippen LogP contribution in [0.15, 0.2) is 30.3 Å². The molecule has 0 spiro atoms. The van der Waals surface area contributed by atoms with E-state index in [1.807, 2.05) is 44.4 Å². The summed E-state index contributed by atoms with van der Waals surface area (Å²) in [5.41, 5.74) is 0.994. The second-order valence-electron chi connectivity index (χ2n) is 5.88. The van der Waals surface area contributed by atoms with E-state index in [4.69, 9.17) is 17.0 Å². The molecule has 0 unspecified atom stereocenters. The SMILES string of the molecule is CNC(=S)N(C)C1CCC(NC(=O)OCc2ccccc2)CC1. The summed E-state index contributed by atoms with van der Waals surface area (Å²) in [6, 6.07) is 10.3. The molecule has 1 aromatic carbocycles. The van der Waals surface area contributed by atoms with Crippen LogP contribution in [0, 0.1) is 0 Å². The molecule has 1 fully saturated rings. The van der Waals surface area contributed by atoms with Crippen molar-refractivity contribution in [2.45, 2.75) is 44.4 Å². The summed E-state index contributed by atoms with van der Waals surface area (Å²) in [7, 11) is 3.86. The fraction of sp³-hybridized carbons (Fsp3) is 0.529. The van der Waals surface area contributed by atoms with Crippen LogP contribution in [-0.4, -0.2) is 42.3 Å². The molecule has 0 atom stereocenters. The van der Waals surface area contributed by atoms with E-state index in [1.54, 1.807) is 0 Å². The van der Waals surface area contributed by atoms with Crippen LogP contribution >= 0.6 is 12.2 Å². The molecule has 1 saturated carbocycles. The van der Waals surface area contributed by atoms with Gasteiger partial charge in [-0.3, -0.25) is 0 Å². The van der Waals surface area contributed by atoms with Gasteiger partial charge in [0.15, 0.2) is 5.11 Å². The molecule has 0 saturated heterocycles. The molecule has 5 nitrogen and oxygen atoms in total. The number of amides is 1. The number of nitrogens with one attached hydrogen (secondary N) is 2. The molecule has 1 amide bonds. The van der Waals surface area contributed by atoms with Gasteiger partial charge in [-0.2, -0.15) is 0 Å². The highest BCUT2D eigenvalue weighted by Gasteiger charge is 2.26. The van der Waals surface area contributed by atoms with E-state index < -0.39 is 0 Å². The predicted molar refractivity (Wildman–Crippen MR) is 95.2 cm³/mol. The van der Waals surface area contributed by atoms with Crippen molar-refractivity contribution in [2.75, 3.05) is 14.1 Å². The van der Waals surface area contributed by atoms with Gasteiger partial charge in [-0.25, -0.2) is 4.79 Å². The number of hydrogen-bond donors (Lipinski definition) is 2. The predicted octanol–water partition coefficient (Wildman–Crippen LogP) is 2.66. The number of benzene rings is 1. The van der Waals surface area contributed by atoms with E-state index in [-0.39, 0.29) is 12.1 Å². The minimum absolute atomic E-state index is 0.186. The minimum atomic E-state index is -0.337. The van der Waals surface area contributed by atoms with Crippen molar-refractivity contribution >= 4 is 23.4 Å². The van der Waals surface area contributed by atoms with Gasteiger partial charge in [0.25, 0.3) is 0 Å². The number of nitrogens with zero attached hydrogens (tertiary/aromatic N) is 1. The topological polar surface area (TPSA) is 53.6 Å². The van der Waals surface area contributed by atoms with Crippen LogP contribution in [-0.2, 0) is 11.3 Å². The van der Waals surface area contributed by atoms with Gasteiger partial charge in [0.1, 0.15) is 6.61 Å². The summed E-state index contributed by atoms with van der Waals surface area (Å²) in [6.45, 7) is 0.307. The number of carbonyl (C=O) groups excluding carboxylic acids is 1. The molecule has 2 N–H and O–H groups in total. The molecule has 6 heteroatoms. The van der Waals surface area contributed by atoms with Gasteiger partial charge in [-0.1, -0.05) is 30.3 Å². The molecule has 1 aromatic rings. The Morgan fingerprint density at radius 1 is 1.26 bits per heavy atom. The average molecular weight is 335 g/mol. The number of ether oxygens (including phenoxy) is 1. The fourth-order valence-electron chi connectivity index (χ4n) is 2.88. The molecule has 0 aliphatic heterocycles. The second-order valence-corrected chi connectivity index (χ2v) is 6.26. The molecule has 0 heterocycles. The van der Waals surface area contributed by atoms with Crippen molar-refractivity contribution in [2.24, 2.45) is 0 Å². The van der Waals surface area contributed by atoms with E-state index in [9.17, 15) is 4.79 Å². The standard InChI is InChI=1S/C17H25N3O2S/c1-18-16(23)20(2)15-10-8-14(9-11-15)19-17(21)22-12-13-6-4-3-5-7-13/h3-7,14-15H,8-12H2,1-2H3,(H,18,23)(H,19,21). The van der Waals surface area contributed by atoms with Crippen LogP contribution in [0.2, 0.25) is 0 Å². The lowest BCUT2D eigenvalue weighted by Gasteiger charge is -2.35. The first kappa shape index (κ1) is 17.5. The lowest BCUT2D eigenvalue weighted by Crippen LogP contribution is -2.46. The molecule has 1 aliphatic carbocycles. The summed E-state index contributed by atoms with van der Waals surface area (Å²) < 4.78 is 5.27. The highest BCUT2D eigenvalue weighted by atomic mass is 32.1. The zero-order chi connectivity index (χ0) is 16.7. The van der Waals surface area contributed by atoms with Gasteiger partial charge >= 0.3 is 6.09 Å². The maximum Gasteiger partial charge on any atom is 0.407 e. The maximum absolute atomic E-state index is 11.9. The Kier molecular flexibility index (Phi) is 6.65. The minimum Gasteiger partial charge on any atom is -0.445 e. The maximum atomic E-state index is 11.9. The monoisotopic (exact) mass is 335 g/mol. The quantitative estimate of drug-likeness (QED) is 0.829. The van der Waals surface area contributed by atoms with Crippen LogP contribution in [0.4, 0.5) is 4.79 Å². The Labute approximate surface area is 143 Å². The summed E-state index contributed by atoms with van der Waals surface area (Å²) >= 11 is 5.26. The highest BCUT2D eigenvalue weighted by molar-refractivity contribution is 7.80. The number of thiocarbonyl (C=S) groups is 1. The largest absolute Gasteiger partial charge is 0.445 e. The van der Waals surface area contributed by atoms with E-state index >= 15 is 0 Å². The van der Waals surface area contributed by atoms with Crippen molar-refractivity contribution in [3.63, 3.8) is 0 Å². The van der Waals surface area contributed by atoms with Gasteiger partial charge < -0.3 is 20.3 Å². The molecule has 0 radical (unpaired) electrons. The first-order valence-electron chi connectivity index (χ1n) is 8.02. The van der Waals surface area contributed by atoms with Crippen LogP contribution < -0.4 is 10.6 Å².